The van der Waals surface area contributed by atoms with Gasteiger partial charge in [-0.05, 0) is 37.8 Å². The molecule has 1 amide bonds. The van der Waals surface area contributed by atoms with Gasteiger partial charge < -0.3 is 0 Å². The maximum absolute atomic E-state index is 13.0. The number of nitriles is 1. The summed E-state index contributed by atoms with van der Waals surface area (Å²) < 4.78 is 1.56. The molecule has 1 N–H and O–H groups in total. The first-order chi connectivity index (χ1) is 15.6. The van der Waals surface area contributed by atoms with Gasteiger partial charge in [-0.1, -0.05) is 30.0 Å². The third-order valence-corrected chi connectivity index (χ3v) is 6.51. The van der Waals surface area contributed by atoms with Crippen molar-refractivity contribution in [1.29, 1.82) is 5.26 Å². The summed E-state index contributed by atoms with van der Waals surface area (Å²) in [5.41, 5.74) is -0.0193. The van der Waals surface area contributed by atoms with Gasteiger partial charge in [0.15, 0.2) is 5.65 Å². The highest BCUT2D eigenvalue weighted by atomic mass is 32.2. The number of hydrogen-bond acceptors (Lipinski definition) is 7. The van der Waals surface area contributed by atoms with Crippen molar-refractivity contribution in [1.82, 2.24) is 19.5 Å². The molecule has 10 heteroatoms. The van der Waals surface area contributed by atoms with Crippen molar-refractivity contribution in [2.24, 2.45) is 0 Å². The molecule has 2 fully saturated rings. The quantitative estimate of drug-likeness (QED) is 0.334. The maximum atomic E-state index is 13.0. The third-order valence-electron chi connectivity index (χ3n) is 5.55. The monoisotopic (exact) mass is 448 g/mol. The van der Waals surface area contributed by atoms with Crippen LogP contribution in [0.15, 0.2) is 44.9 Å². The van der Waals surface area contributed by atoms with Gasteiger partial charge in [-0.25, -0.2) is 14.8 Å². The number of rotatable bonds is 7. The fraction of sp³-hybridized carbons (Fsp3) is 0.364. The van der Waals surface area contributed by atoms with E-state index < -0.39 is 11.2 Å². The highest BCUT2D eigenvalue weighted by molar-refractivity contribution is 8.00. The van der Waals surface area contributed by atoms with Crippen LogP contribution in [0.5, 0.6) is 0 Å². The Morgan fingerprint density at radius 2 is 1.94 bits per heavy atom. The molecule has 32 heavy (non-hydrogen) atoms. The standard InChI is InChI=1S/C22H20N6O3S/c23-10-11-27(14-4-2-1-3-5-14)16(29)12-32-21-17-19(24-18(25-21)13-6-7-13)28(15-8-9-15)22(31)26-20(17)30/h1-5,13,15H,6-9,11-12H2,(H,26,30,31). The first kappa shape index (κ1) is 20.5. The Balaban J connectivity index is 1.52. The molecule has 0 unspecified atom stereocenters. The molecule has 2 saturated carbocycles. The van der Waals surface area contributed by atoms with Crippen molar-refractivity contribution >= 4 is 34.4 Å². The summed E-state index contributed by atoms with van der Waals surface area (Å²) in [6.45, 7) is -0.0803. The number of carbonyl (C=O) groups is 1. The molecule has 2 aromatic heterocycles. The van der Waals surface area contributed by atoms with Crippen molar-refractivity contribution in [3.63, 3.8) is 0 Å². The number of aromatic nitrogens is 4. The zero-order chi connectivity index (χ0) is 22.2. The van der Waals surface area contributed by atoms with E-state index in [1.165, 1.54) is 4.90 Å². The molecule has 2 aliphatic rings. The Morgan fingerprint density at radius 3 is 2.59 bits per heavy atom. The van der Waals surface area contributed by atoms with Gasteiger partial charge in [0, 0.05) is 17.6 Å². The lowest BCUT2D eigenvalue weighted by Crippen LogP contribution is -2.33. The topological polar surface area (TPSA) is 125 Å². The Labute approximate surface area is 187 Å². The van der Waals surface area contributed by atoms with E-state index in [-0.39, 0.29) is 35.6 Å². The largest absolute Gasteiger partial charge is 0.330 e. The molecule has 0 saturated heterocycles. The molecular weight excluding hydrogens is 428 g/mol. The van der Waals surface area contributed by atoms with Crippen LogP contribution in [0.1, 0.15) is 43.5 Å². The lowest BCUT2D eigenvalue weighted by atomic mass is 10.3. The number of aromatic amines is 1. The summed E-state index contributed by atoms with van der Waals surface area (Å²) in [6, 6.07) is 11.0. The van der Waals surface area contributed by atoms with Crippen molar-refractivity contribution in [3.05, 3.63) is 57.0 Å². The van der Waals surface area contributed by atoms with Crippen LogP contribution in [-0.4, -0.2) is 37.7 Å². The molecule has 3 aromatic rings. The second-order valence-corrected chi connectivity index (χ2v) is 8.95. The minimum absolute atomic E-state index is 0.00517. The SMILES string of the molecule is N#CCN(C(=O)CSc1nc(C2CC2)nc2c1c(=O)[nH]c(=O)n2C1CC1)c1ccccc1. The fourth-order valence-corrected chi connectivity index (χ4v) is 4.55. The van der Waals surface area contributed by atoms with E-state index in [4.69, 9.17) is 0 Å². The molecular formula is C22H20N6O3S. The van der Waals surface area contributed by atoms with Crippen LogP contribution in [0, 0.1) is 11.3 Å². The number of carbonyl (C=O) groups excluding carboxylic acids is 1. The van der Waals surface area contributed by atoms with Gasteiger partial charge in [-0.15, -0.1) is 0 Å². The van der Waals surface area contributed by atoms with Gasteiger partial charge >= 0.3 is 5.69 Å². The highest BCUT2D eigenvalue weighted by Crippen LogP contribution is 2.40. The summed E-state index contributed by atoms with van der Waals surface area (Å²) in [6.07, 6.45) is 3.67. The normalized spacial score (nSPS) is 15.5. The average molecular weight is 449 g/mol. The van der Waals surface area contributed by atoms with E-state index in [0.717, 1.165) is 37.4 Å². The van der Waals surface area contributed by atoms with Crippen molar-refractivity contribution < 1.29 is 4.79 Å². The number of anilines is 1. The molecule has 0 atom stereocenters. The summed E-state index contributed by atoms with van der Waals surface area (Å²) in [5.74, 6) is 0.559. The average Bonchev–Trinajstić information content (AvgIpc) is 3.69. The Morgan fingerprint density at radius 1 is 1.19 bits per heavy atom. The Kier molecular flexibility index (Phi) is 5.27. The number of para-hydroxylation sites is 1. The van der Waals surface area contributed by atoms with Crippen LogP contribution >= 0.6 is 11.8 Å². The molecule has 0 aliphatic heterocycles. The van der Waals surface area contributed by atoms with Gasteiger partial charge in [0.1, 0.15) is 22.8 Å². The molecule has 162 valence electrons. The van der Waals surface area contributed by atoms with Gasteiger partial charge in [-0.3, -0.25) is 24.0 Å². The van der Waals surface area contributed by atoms with Gasteiger partial charge in [0.2, 0.25) is 5.91 Å². The first-order valence-electron chi connectivity index (χ1n) is 10.5. The van der Waals surface area contributed by atoms with Crippen LogP contribution in [-0.2, 0) is 4.79 Å². The van der Waals surface area contributed by atoms with E-state index >= 15 is 0 Å². The molecule has 5 rings (SSSR count). The van der Waals surface area contributed by atoms with Crippen molar-refractivity contribution in [2.45, 2.75) is 42.7 Å². The van der Waals surface area contributed by atoms with Crippen molar-refractivity contribution in [2.75, 3.05) is 17.2 Å². The fourth-order valence-electron chi connectivity index (χ4n) is 3.64. The minimum Gasteiger partial charge on any atom is -0.298 e. The maximum Gasteiger partial charge on any atom is 0.330 e. The predicted molar refractivity (Wildman–Crippen MR) is 120 cm³/mol. The number of hydrogen-bond donors (Lipinski definition) is 1. The first-order valence-corrected chi connectivity index (χ1v) is 11.5. The van der Waals surface area contributed by atoms with E-state index in [1.807, 2.05) is 12.1 Å². The number of H-pyrrole nitrogens is 1. The van der Waals surface area contributed by atoms with Crippen LogP contribution in [0.25, 0.3) is 11.0 Å². The molecule has 2 heterocycles. The van der Waals surface area contributed by atoms with Gasteiger partial charge in [0.25, 0.3) is 5.56 Å². The summed E-state index contributed by atoms with van der Waals surface area (Å²) in [5, 5.41) is 9.81. The van der Waals surface area contributed by atoms with Crippen LogP contribution in [0.4, 0.5) is 5.69 Å². The minimum atomic E-state index is -0.545. The molecule has 1 aromatic carbocycles. The summed E-state index contributed by atoms with van der Waals surface area (Å²) in [4.78, 5) is 51.2. The van der Waals surface area contributed by atoms with Crippen molar-refractivity contribution in [3.8, 4) is 6.07 Å². The number of amides is 1. The third kappa shape index (κ3) is 3.91. The summed E-state index contributed by atoms with van der Waals surface area (Å²) >= 11 is 1.14. The molecule has 9 nitrogen and oxygen atoms in total. The van der Waals surface area contributed by atoms with E-state index in [1.54, 1.807) is 28.8 Å². The van der Waals surface area contributed by atoms with Crippen LogP contribution < -0.4 is 16.1 Å². The second kappa shape index (κ2) is 8.24. The number of thioether (sulfide) groups is 1. The number of nitrogens with zero attached hydrogens (tertiary/aromatic N) is 5. The summed E-state index contributed by atoms with van der Waals surface area (Å²) in [7, 11) is 0. The molecule has 0 radical (unpaired) electrons. The molecule has 0 spiro atoms. The Bertz CT molecular complexity index is 1350. The Hall–Kier alpha value is -3.45. The van der Waals surface area contributed by atoms with Gasteiger partial charge in [-0.2, -0.15) is 5.26 Å². The lowest BCUT2D eigenvalue weighted by molar-refractivity contribution is -0.116. The highest BCUT2D eigenvalue weighted by Gasteiger charge is 2.32. The number of fused-ring (bicyclic) bond motifs is 1. The number of benzene rings is 1. The van der Waals surface area contributed by atoms with E-state index in [2.05, 4.69) is 15.0 Å². The second-order valence-electron chi connectivity index (χ2n) is 7.98. The van der Waals surface area contributed by atoms with E-state index in [0.29, 0.717) is 22.2 Å². The predicted octanol–water partition coefficient (Wildman–Crippen LogP) is 2.34. The van der Waals surface area contributed by atoms with Crippen LogP contribution in [0.2, 0.25) is 0 Å². The molecule has 0 bridgehead atoms. The zero-order valence-electron chi connectivity index (χ0n) is 17.2. The number of nitrogens with one attached hydrogen (secondary N) is 1. The van der Waals surface area contributed by atoms with Crippen LogP contribution in [0.3, 0.4) is 0 Å². The lowest BCUT2D eigenvalue weighted by Gasteiger charge is -2.19. The van der Waals surface area contributed by atoms with Gasteiger partial charge in [0.05, 0.1) is 11.8 Å². The zero-order valence-corrected chi connectivity index (χ0v) is 18.0. The molecule has 2 aliphatic carbocycles. The smallest absolute Gasteiger partial charge is 0.298 e. The van der Waals surface area contributed by atoms with E-state index in [9.17, 15) is 19.6 Å².